The molecule has 3 nitrogen and oxygen atoms in total. The van der Waals surface area contributed by atoms with Gasteiger partial charge in [0.2, 0.25) is 0 Å². The molecule has 0 amide bonds. The van der Waals surface area contributed by atoms with Gasteiger partial charge in [-0.3, -0.25) is 0 Å². The van der Waals surface area contributed by atoms with Gasteiger partial charge < -0.3 is 15.2 Å². The van der Waals surface area contributed by atoms with Crippen LogP contribution in [0.15, 0.2) is 36.4 Å². The lowest BCUT2D eigenvalue weighted by molar-refractivity contribution is 0.397. The molecule has 0 bridgehead atoms. The van der Waals surface area contributed by atoms with Crippen molar-refractivity contribution < 1.29 is 9.47 Å². The average molecular weight is 243 g/mol. The van der Waals surface area contributed by atoms with E-state index < -0.39 is 0 Å². The summed E-state index contributed by atoms with van der Waals surface area (Å²) in [5, 5.41) is 0. The summed E-state index contributed by atoms with van der Waals surface area (Å²) in [4.78, 5) is 0. The highest BCUT2D eigenvalue weighted by Crippen LogP contribution is 2.40. The first-order chi connectivity index (χ1) is 8.67. The third kappa shape index (κ3) is 2.12. The topological polar surface area (TPSA) is 44.5 Å². The van der Waals surface area contributed by atoms with E-state index in [2.05, 4.69) is 0 Å². The van der Waals surface area contributed by atoms with Crippen LogP contribution in [-0.4, -0.2) is 14.2 Å². The van der Waals surface area contributed by atoms with E-state index in [-0.39, 0.29) is 0 Å². The molecule has 0 aromatic heterocycles. The third-order valence-electron chi connectivity index (χ3n) is 2.95. The van der Waals surface area contributed by atoms with Crippen LogP contribution in [0.2, 0.25) is 0 Å². The van der Waals surface area contributed by atoms with Gasteiger partial charge >= 0.3 is 0 Å². The number of ether oxygens (including phenoxy) is 2. The van der Waals surface area contributed by atoms with Gasteiger partial charge in [-0.25, -0.2) is 0 Å². The van der Waals surface area contributed by atoms with Crippen molar-refractivity contribution in [1.82, 2.24) is 0 Å². The average Bonchev–Trinajstić information content (AvgIpc) is 2.38. The van der Waals surface area contributed by atoms with Crippen molar-refractivity contribution in [2.45, 2.75) is 6.92 Å². The van der Waals surface area contributed by atoms with Crippen LogP contribution >= 0.6 is 0 Å². The van der Waals surface area contributed by atoms with Crippen LogP contribution in [0.1, 0.15) is 5.56 Å². The van der Waals surface area contributed by atoms with Crippen LogP contribution in [0, 0.1) is 6.92 Å². The number of aryl methyl sites for hydroxylation is 1. The zero-order chi connectivity index (χ0) is 13.1. The molecule has 0 aliphatic heterocycles. The molecule has 18 heavy (non-hydrogen) atoms. The number of benzene rings is 2. The van der Waals surface area contributed by atoms with Crippen LogP contribution in [0.5, 0.6) is 11.5 Å². The van der Waals surface area contributed by atoms with Crippen molar-refractivity contribution in [1.29, 1.82) is 0 Å². The number of nitrogen functional groups attached to an aromatic ring is 1. The van der Waals surface area contributed by atoms with Crippen LogP contribution in [0.3, 0.4) is 0 Å². The molecule has 0 radical (unpaired) electrons. The number of hydrogen-bond acceptors (Lipinski definition) is 3. The van der Waals surface area contributed by atoms with E-state index in [9.17, 15) is 0 Å². The second-order valence-electron chi connectivity index (χ2n) is 4.11. The van der Waals surface area contributed by atoms with Crippen molar-refractivity contribution in [3.63, 3.8) is 0 Å². The van der Waals surface area contributed by atoms with Crippen molar-refractivity contribution >= 4 is 5.69 Å². The minimum Gasteiger partial charge on any atom is -0.496 e. The molecule has 3 heteroatoms. The molecule has 0 saturated carbocycles. The minimum atomic E-state index is 0.755. The molecule has 2 N–H and O–H groups in total. The Balaban J connectivity index is 2.68. The molecule has 2 aromatic rings. The number of anilines is 1. The van der Waals surface area contributed by atoms with Gasteiger partial charge in [0.15, 0.2) is 0 Å². The predicted molar refractivity (Wildman–Crippen MR) is 74.1 cm³/mol. The van der Waals surface area contributed by atoms with Crippen molar-refractivity contribution in [3.05, 3.63) is 42.0 Å². The van der Waals surface area contributed by atoms with E-state index in [0.717, 1.165) is 33.9 Å². The van der Waals surface area contributed by atoms with Gasteiger partial charge in [0.05, 0.1) is 19.8 Å². The fraction of sp³-hybridized carbons (Fsp3) is 0.200. The molecule has 0 fully saturated rings. The lowest BCUT2D eigenvalue weighted by atomic mass is 9.98. The number of methoxy groups -OCH3 is 2. The molecule has 0 saturated heterocycles. The summed E-state index contributed by atoms with van der Waals surface area (Å²) < 4.78 is 10.8. The Hall–Kier alpha value is -2.16. The van der Waals surface area contributed by atoms with Gasteiger partial charge in [-0.15, -0.1) is 0 Å². The van der Waals surface area contributed by atoms with E-state index in [1.165, 1.54) is 0 Å². The maximum Gasteiger partial charge on any atom is 0.130 e. The normalized spacial score (nSPS) is 10.2. The highest BCUT2D eigenvalue weighted by atomic mass is 16.5. The van der Waals surface area contributed by atoms with E-state index in [1.54, 1.807) is 14.2 Å². The number of hydrogen-bond donors (Lipinski definition) is 1. The maximum absolute atomic E-state index is 5.78. The fourth-order valence-corrected chi connectivity index (χ4v) is 2.08. The van der Waals surface area contributed by atoms with E-state index in [4.69, 9.17) is 15.2 Å². The molecule has 2 aromatic carbocycles. The molecule has 2 rings (SSSR count). The Morgan fingerprint density at radius 1 is 0.944 bits per heavy atom. The lowest BCUT2D eigenvalue weighted by Crippen LogP contribution is -1.95. The van der Waals surface area contributed by atoms with Crippen molar-refractivity contribution in [2.75, 3.05) is 20.0 Å². The SMILES string of the molecule is COc1cccc(OC)c1-c1ccc(N)cc1C. The quantitative estimate of drug-likeness (QED) is 0.841. The molecular formula is C15H17NO2. The summed E-state index contributed by atoms with van der Waals surface area (Å²) in [6.45, 7) is 2.03. The molecule has 0 unspecified atom stereocenters. The summed E-state index contributed by atoms with van der Waals surface area (Å²) >= 11 is 0. The second-order valence-corrected chi connectivity index (χ2v) is 4.11. The smallest absolute Gasteiger partial charge is 0.130 e. The van der Waals surface area contributed by atoms with E-state index >= 15 is 0 Å². The summed E-state index contributed by atoms with van der Waals surface area (Å²) in [7, 11) is 3.32. The third-order valence-corrected chi connectivity index (χ3v) is 2.95. The van der Waals surface area contributed by atoms with Gasteiger partial charge in [-0.05, 0) is 42.3 Å². The van der Waals surface area contributed by atoms with E-state index in [1.807, 2.05) is 43.3 Å². The standard InChI is InChI=1S/C15H17NO2/c1-10-9-11(16)7-8-12(10)15-13(17-2)5-4-6-14(15)18-3/h4-9H,16H2,1-3H3. The summed E-state index contributed by atoms with van der Waals surface area (Å²) in [6, 6.07) is 11.6. The van der Waals surface area contributed by atoms with Crippen LogP contribution < -0.4 is 15.2 Å². The second kappa shape index (κ2) is 5.00. The van der Waals surface area contributed by atoms with Crippen molar-refractivity contribution in [3.8, 4) is 22.6 Å². The molecule has 94 valence electrons. The predicted octanol–water partition coefficient (Wildman–Crippen LogP) is 3.26. The Morgan fingerprint density at radius 2 is 1.56 bits per heavy atom. The van der Waals surface area contributed by atoms with Crippen LogP contribution in [0.4, 0.5) is 5.69 Å². The highest BCUT2D eigenvalue weighted by Gasteiger charge is 2.14. The maximum atomic E-state index is 5.78. The van der Waals surface area contributed by atoms with Crippen molar-refractivity contribution in [2.24, 2.45) is 0 Å². The first-order valence-electron chi connectivity index (χ1n) is 5.75. The molecule has 0 spiro atoms. The van der Waals surface area contributed by atoms with Gasteiger partial charge in [0, 0.05) is 5.69 Å². The minimum absolute atomic E-state index is 0.755. The largest absolute Gasteiger partial charge is 0.496 e. The van der Waals surface area contributed by atoms with Gasteiger partial charge in [0.25, 0.3) is 0 Å². The summed E-state index contributed by atoms with van der Waals surface area (Å²) in [6.07, 6.45) is 0. The Kier molecular flexibility index (Phi) is 3.42. The monoisotopic (exact) mass is 243 g/mol. The van der Waals surface area contributed by atoms with Gasteiger partial charge in [0.1, 0.15) is 11.5 Å². The van der Waals surface area contributed by atoms with Crippen LogP contribution in [-0.2, 0) is 0 Å². The van der Waals surface area contributed by atoms with E-state index in [0.29, 0.717) is 0 Å². The first-order valence-corrected chi connectivity index (χ1v) is 5.75. The number of rotatable bonds is 3. The zero-order valence-corrected chi connectivity index (χ0v) is 10.9. The lowest BCUT2D eigenvalue weighted by Gasteiger charge is -2.15. The summed E-state index contributed by atoms with van der Waals surface area (Å²) in [5.41, 5.74) is 9.66. The molecular weight excluding hydrogens is 226 g/mol. The number of nitrogens with two attached hydrogens (primary N) is 1. The molecule has 0 atom stereocenters. The summed E-state index contributed by atoms with van der Waals surface area (Å²) in [5.74, 6) is 1.59. The van der Waals surface area contributed by atoms with Gasteiger partial charge in [-0.1, -0.05) is 12.1 Å². The Labute approximate surface area is 107 Å². The van der Waals surface area contributed by atoms with Crippen LogP contribution in [0.25, 0.3) is 11.1 Å². The molecule has 0 aliphatic carbocycles. The Bertz CT molecular complexity index is 542. The Morgan fingerprint density at radius 3 is 2.06 bits per heavy atom. The molecule has 0 aliphatic rings. The molecule has 0 heterocycles. The fourth-order valence-electron chi connectivity index (χ4n) is 2.08. The highest BCUT2D eigenvalue weighted by molar-refractivity contribution is 5.80. The first kappa shape index (κ1) is 12.3. The van der Waals surface area contributed by atoms with Gasteiger partial charge in [-0.2, -0.15) is 0 Å². The zero-order valence-electron chi connectivity index (χ0n) is 10.9.